The number of hydrogen-bond donors (Lipinski definition) is 1. The van der Waals surface area contributed by atoms with Gasteiger partial charge in [-0.15, -0.1) is 11.3 Å². The molecule has 11 heavy (non-hydrogen) atoms. The number of nitriles is 1. The number of rotatable bonds is 1. The molecule has 0 radical (unpaired) electrons. The van der Waals surface area contributed by atoms with Gasteiger partial charge in [-0.3, -0.25) is 0 Å². The lowest BCUT2D eigenvalue weighted by molar-refractivity contribution is 1.01. The lowest BCUT2D eigenvalue weighted by Crippen LogP contribution is -1.99. The van der Waals surface area contributed by atoms with E-state index in [0.717, 1.165) is 11.3 Å². The molecule has 2 nitrogen and oxygen atoms in total. The fraction of sp³-hybridized carbons (Fsp3) is 0.375. The quantitative estimate of drug-likeness (QED) is 0.682. The zero-order valence-corrected chi connectivity index (χ0v) is 6.77. The van der Waals surface area contributed by atoms with Crippen molar-refractivity contribution in [3.8, 4) is 6.07 Å². The molecule has 0 aliphatic heterocycles. The Labute approximate surface area is 69.3 Å². The van der Waals surface area contributed by atoms with E-state index >= 15 is 0 Å². The predicted octanol–water partition coefficient (Wildman–Crippen LogP) is 1.43. The molecule has 1 aromatic heterocycles. The van der Waals surface area contributed by atoms with E-state index in [9.17, 15) is 0 Å². The third-order valence-electron chi connectivity index (χ3n) is 1.94. The van der Waals surface area contributed by atoms with Crippen LogP contribution in [0.5, 0.6) is 0 Å². The number of hydrogen-bond acceptors (Lipinski definition) is 3. The second-order valence-electron chi connectivity index (χ2n) is 2.82. The van der Waals surface area contributed by atoms with Crippen molar-refractivity contribution in [2.45, 2.75) is 18.4 Å². The summed E-state index contributed by atoms with van der Waals surface area (Å²) in [5.41, 5.74) is 5.67. The standard InChI is InChI=1S/C8H8N2S/c9-4-5-1-2-8(11-5)6-3-7(6)10/h1-2,6-7H,3,10H2. The summed E-state index contributed by atoms with van der Waals surface area (Å²) in [6.07, 6.45) is 1.09. The summed E-state index contributed by atoms with van der Waals surface area (Å²) in [6, 6.07) is 6.35. The zero-order valence-electron chi connectivity index (χ0n) is 5.95. The first kappa shape index (κ1) is 6.84. The van der Waals surface area contributed by atoms with Crippen molar-refractivity contribution in [2.75, 3.05) is 0 Å². The normalized spacial score (nSPS) is 28.0. The topological polar surface area (TPSA) is 49.8 Å². The first-order chi connectivity index (χ1) is 5.31. The van der Waals surface area contributed by atoms with Gasteiger partial charge in [-0.1, -0.05) is 0 Å². The summed E-state index contributed by atoms with van der Waals surface area (Å²) in [5.74, 6) is 0.544. The van der Waals surface area contributed by atoms with Crippen LogP contribution in [0.3, 0.4) is 0 Å². The van der Waals surface area contributed by atoms with Crippen molar-refractivity contribution in [3.05, 3.63) is 21.9 Å². The molecule has 0 bridgehead atoms. The molecule has 1 aromatic rings. The van der Waals surface area contributed by atoms with Gasteiger partial charge in [0.2, 0.25) is 0 Å². The van der Waals surface area contributed by atoms with Gasteiger partial charge in [0, 0.05) is 16.8 Å². The summed E-state index contributed by atoms with van der Waals surface area (Å²) in [6.45, 7) is 0. The Bertz CT molecular complexity index is 310. The molecule has 2 N–H and O–H groups in total. The van der Waals surface area contributed by atoms with Gasteiger partial charge < -0.3 is 5.73 Å². The van der Waals surface area contributed by atoms with E-state index < -0.39 is 0 Å². The monoisotopic (exact) mass is 164 g/mol. The van der Waals surface area contributed by atoms with Gasteiger partial charge >= 0.3 is 0 Å². The Morgan fingerprint density at radius 1 is 1.64 bits per heavy atom. The number of thiophene rings is 1. The highest BCUT2D eigenvalue weighted by atomic mass is 32.1. The number of nitrogens with two attached hydrogens (primary N) is 1. The van der Waals surface area contributed by atoms with Gasteiger partial charge in [-0.05, 0) is 18.6 Å². The lowest BCUT2D eigenvalue weighted by atomic mass is 10.3. The third-order valence-corrected chi connectivity index (χ3v) is 3.06. The minimum absolute atomic E-state index is 0.347. The van der Waals surface area contributed by atoms with Crippen LogP contribution in [0.1, 0.15) is 22.1 Å². The highest BCUT2D eigenvalue weighted by molar-refractivity contribution is 7.12. The average Bonchev–Trinajstić information content (AvgIpc) is 2.59. The molecule has 2 unspecified atom stereocenters. The zero-order chi connectivity index (χ0) is 7.84. The Morgan fingerprint density at radius 3 is 2.82 bits per heavy atom. The van der Waals surface area contributed by atoms with Crippen molar-refractivity contribution in [1.29, 1.82) is 5.26 Å². The maximum Gasteiger partial charge on any atom is 0.110 e. The van der Waals surface area contributed by atoms with Gasteiger partial charge in [0.25, 0.3) is 0 Å². The van der Waals surface area contributed by atoms with Crippen LogP contribution in [0.2, 0.25) is 0 Å². The highest BCUT2D eigenvalue weighted by Crippen LogP contribution is 2.41. The van der Waals surface area contributed by atoms with Crippen LogP contribution < -0.4 is 5.73 Å². The molecule has 1 aliphatic carbocycles. The van der Waals surface area contributed by atoms with Crippen LogP contribution in [0.25, 0.3) is 0 Å². The first-order valence-electron chi connectivity index (χ1n) is 3.56. The molecular weight excluding hydrogens is 156 g/mol. The molecular formula is C8H8N2S. The molecule has 0 aromatic carbocycles. The molecule has 3 heteroatoms. The van der Waals surface area contributed by atoms with Gasteiger partial charge in [-0.25, -0.2) is 0 Å². The fourth-order valence-electron chi connectivity index (χ4n) is 1.15. The summed E-state index contributed by atoms with van der Waals surface area (Å²) < 4.78 is 0. The summed E-state index contributed by atoms with van der Waals surface area (Å²) >= 11 is 1.57. The van der Waals surface area contributed by atoms with Gasteiger partial charge in [0.05, 0.1) is 0 Å². The van der Waals surface area contributed by atoms with Crippen molar-refractivity contribution in [1.82, 2.24) is 0 Å². The van der Waals surface area contributed by atoms with Crippen molar-refractivity contribution >= 4 is 11.3 Å². The number of nitrogens with zero attached hydrogens (tertiary/aromatic N) is 1. The van der Waals surface area contributed by atoms with E-state index in [4.69, 9.17) is 11.0 Å². The van der Waals surface area contributed by atoms with E-state index in [1.807, 2.05) is 12.1 Å². The second-order valence-corrected chi connectivity index (χ2v) is 3.94. The van der Waals surface area contributed by atoms with Gasteiger partial charge in [-0.2, -0.15) is 5.26 Å². The molecule has 0 spiro atoms. The summed E-state index contributed by atoms with van der Waals surface area (Å²) in [4.78, 5) is 2.06. The summed E-state index contributed by atoms with van der Waals surface area (Å²) in [7, 11) is 0. The Morgan fingerprint density at radius 2 is 2.36 bits per heavy atom. The molecule has 1 heterocycles. The van der Waals surface area contributed by atoms with Crippen LogP contribution in [0.4, 0.5) is 0 Å². The Kier molecular flexibility index (Phi) is 1.45. The van der Waals surface area contributed by atoms with E-state index in [0.29, 0.717) is 12.0 Å². The van der Waals surface area contributed by atoms with Gasteiger partial charge in [0.1, 0.15) is 10.9 Å². The van der Waals surface area contributed by atoms with E-state index in [2.05, 4.69) is 6.07 Å². The smallest absolute Gasteiger partial charge is 0.110 e. The maximum absolute atomic E-state index is 8.55. The van der Waals surface area contributed by atoms with E-state index in [1.165, 1.54) is 4.88 Å². The van der Waals surface area contributed by atoms with Crippen LogP contribution in [0.15, 0.2) is 12.1 Å². The third kappa shape index (κ3) is 1.15. The van der Waals surface area contributed by atoms with Crippen LogP contribution in [0, 0.1) is 11.3 Å². The predicted molar refractivity (Wildman–Crippen MR) is 44.4 cm³/mol. The highest BCUT2D eigenvalue weighted by Gasteiger charge is 2.35. The van der Waals surface area contributed by atoms with Crippen molar-refractivity contribution in [3.63, 3.8) is 0 Å². The van der Waals surface area contributed by atoms with E-state index in [-0.39, 0.29) is 0 Å². The average molecular weight is 164 g/mol. The minimum atomic E-state index is 0.347. The fourth-order valence-corrected chi connectivity index (χ4v) is 2.15. The molecule has 1 fully saturated rings. The van der Waals surface area contributed by atoms with Crippen LogP contribution >= 0.6 is 11.3 Å². The second kappa shape index (κ2) is 2.33. The maximum atomic E-state index is 8.55. The summed E-state index contributed by atoms with van der Waals surface area (Å²) in [5, 5.41) is 8.55. The van der Waals surface area contributed by atoms with Crippen molar-refractivity contribution < 1.29 is 0 Å². The minimum Gasteiger partial charge on any atom is -0.327 e. The van der Waals surface area contributed by atoms with Crippen molar-refractivity contribution in [2.24, 2.45) is 5.73 Å². The van der Waals surface area contributed by atoms with E-state index in [1.54, 1.807) is 11.3 Å². The molecule has 2 rings (SSSR count). The molecule has 2 atom stereocenters. The molecule has 1 saturated carbocycles. The lowest BCUT2D eigenvalue weighted by Gasteiger charge is -1.86. The molecule has 0 saturated heterocycles. The SMILES string of the molecule is N#Cc1ccc(C2CC2N)s1. The van der Waals surface area contributed by atoms with Crippen LogP contribution in [-0.4, -0.2) is 6.04 Å². The van der Waals surface area contributed by atoms with Crippen LogP contribution in [-0.2, 0) is 0 Å². The Balaban J connectivity index is 2.21. The first-order valence-corrected chi connectivity index (χ1v) is 4.38. The molecule has 56 valence electrons. The largest absolute Gasteiger partial charge is 0.327 e. The van der Waals surface area contributed by atoms with Gasteiger partial charge in [0.15, 0.2) is 0 Å². The Hall–Kier alpha value is -0.850. The molecule has 1 aliphatic rings. The molecule has 0 amide bonds.